The van der Waals surface area contributed by atoms with Gasteiger partial charge in [-0.1, -0.05) is 74.0 Å². The minimum absolute atomic E-state index is 0.0220. The number of fused-ring (bicyclic) bond motifs is 7. The summed E-state index contributed by atoms with van der Waals surface area (Å²) in [5.74, 6) is 1.52. The van der Waals surface area contributed by atoms with Gasteiger partial charge in [-0.2, -0.15) is 0 Å². The summed E-state index contributed by atoms with van der Waals surface area (Å²) in [6.07, 6.45) is 8.90. The van der Waals surface area contributed by atoms with E-state index >= 15 is 0 Å². The highest BCUT2D eigenvalue weighted by atomic mass is 16.3. The Morgan fingerprint density at radius 2 is 1.44 bits per heavy atom. The Morgan fingerprint density at radius 1 is 0.794 bits per heavy atom. The lowest BCUT2D eigenvalue weighted by atomic mass is 9.32. The fourth-order valence-electron chi connectivity index (χ4n) is 11.2. The van der Waals surface area contributed by atoms with Crippen molar-refractivity contribution in [3.8, 4) is 0 Å². The van der Waals surface area contributed by atoms with Crippen molar-refractivity contribution in [2.45, 2.75) is 126 Å². The summed E-state index contributed by atoms with van der Waals surface area (Å²) in [5.41, 5.74) is 1.49. The summed E-state index contributed by atoms with van der Waals surface area (Å²) in [6.45, 7) is 21.1. The molecule has 0 radical (unpaired) electrons. The highest BCUT2D eigenvalue weighted by Gasteiger charge is 2.70. The van der Waals surface area contributed by atoms with Crippen LogP contribution >= 0.6 is 0 Å². The van der Waals surface area contributed by atoms with Gasteiger partial charge in [0.2, 0.25) is 0 Å². The second kappa shape index (κ2) is 7.13. The van der Waals surface area contributed by atoms with Crippen LogP contribution in [0.2, 0.25) is 0 Å². The molecule has 5 aliphatic rings. The molecule has 0 aliphatic heterocycles. The second-order valence-corrected chi connectivity index (χ2v) is 15.7. The number of allylic oxidation sites excluding steroid dienone is 2. The molecule has 0 amide bonds. The lowest BCUT2D eigenvalue weighted by molar-refractivity contribution is -0.229. The Bertz CT molecular complexity index is 889. The molecule has 0 aromatic rings. The van der Waals surface area contributed by atoms with Crippen molar-refractivity contribution >= 4 is 0 Å². The van der Waals surface area contributed by atoms with Gasteiger partial charge in [-0.05, 0) is 95.7 Å². The Hall–Kier alpha value is -0.380. The molecule has 0 spiro atoms. The summed E-state index contributed by atoms with van der Waals surface area (Å²) >= 11 is 0. The first kappa shape index (κ1) is 25.3. The average molecular weight is 473 g/mol. The summed E-state index contributed by atoms with van der Waals surface area (Å²) < 4.78 is 0. The van der Waals surface area contributed by atoms with Crippen LogP contribution in [0.5, 0.6) is 0 Å². The molecule has 194 valence electrons. The summed E-state index contributed by atoms with van der Waals surface area (Å²) in [7, 11) is 0. The summed E-state index contributed by atoms with van der Waals surface area (Å²) in [4.78, 5) is 0. The molecule has 34 heavy (non-hydrogen) atoms. The third kappa shape index (κ3) is 2.76. The fraction of sp³-hybridized carbons (Fsp3) is 0.935. The molecule has 3 N–H and O–H groups in total. The van der Waals surface area contributed by atoms with Crippen LogP contribution in [-0.2, 0) is 0 Å². The van der Waals surface area contributed by atoms with Crippen molar-refractivity contribution in [2.24, 2.45) is 56.2 Å². The number of hydrogen-bond acceptors (Lipinski definition) is 3. The normalized spacial score (nSPS) is 58.0. The van der Waals surface area contributed by atoms with Gasteiger partial charge in [-0.25, -0.2) is 0 Å². The molecule has 3 nitrogen and oxygen atoms in total. The minimum atomic E-state index is -0.397. The summed E-state index contributed by atoms with van der Waals surface area (Å²) in [5, 5.41) is 34.0. The van der Waals surface area contributed by atoms with E-state index in [9.17, 15) is 15.3 Å². The molecule has 3 heteroatoms. The van der Waals surface area contributed by atoms with Crippen molar-refractivity contribution in [2.75, 3.05) is 0 Å². The van der Waals surface area contributed by atoms with Crippen LogP contribution in [0.25, 0.3) is 0 Å². The molecule has 0 saturated heterocycles. The molecule has 0 aromatic heterocycles. The predicted molar refractivity (Wildman–Crippen MR) is 138 cm³/mol. The standard InChI is InChI=1S/C31H52O3/c1-18-25(34)26(2,3)16-20-19-10-11-22-28(6)14-13-23(32)27(4,5)21(28)12-15-29(22,7)30(19,8)17-24(33)31(18,20)9/h10,18,20-25,32-34H,11-17H2,1-9H3/t18-,20?,21?,22?,23-,24+,25-,28-,29+,30+,31-/m0/s1. The Labute approximate surface area is 208 Å². The van der Waals surface area contributed by atoms with Crippen molar-refractivity contribution in [3.63, 3.8) is 0 Å². The summed E-state index contributed by atoms with van der Waals surface area (Å²) in [6, 6.07) is 0. The molecule has 0 bridgehead atoms. The van der Waals surface area contributed by atoms with Crippen LogP contribution < -0.4 is 0 Å². The van der Waals surface area contributed by atoms with E-state index in [2.05, 4.69) is 68.4 Å². The van der Waals surface area contributed by atoms with Crippen molar-refractivity contribution < 1.29 is 15.3 Å². The molecular weight excluding hydrogens is 420 g/mol. The van der Waals surface area contributed by atoms with Gasteiger partial charge in [0.15, 0.2) is 0 Å². The maximum atomic E-state index is 11.9. The van der Waals surface area contributed by atoms with Crippen molar-refractivity contribution in [1.29, 1.82) is 0 Å². The Kier molecular flexibility index (Phi) is 5.30. The first-order chi connectivity index (χ1) is 15.5. The molecule has 4 saturated carbocycles. The quantitative estimate of drug-likeness (QED) is 0.360. The lowest BCUT2D eigenvalue weighted by Gasteiger charge is -2.72. The predicted octanol–water partition coefficient (Wildman–Crippen LogP) is 6.36. The minimum Gasteiger partial charge on any atom is -0.393 e. The maximum absolute atomic E-state index is 11.9. The van der Waals surface area contributed by atoms with Crippen LogP contribution in [0.15, 0.2) is 11.6 Å². The second-order valence-electron chi connectivity index (χ2n) is 15.7. The average Bonchev–Trinajstić information content (AvgIpc) is 2.73. The molecule has 11 atom stereocenters. The van der Waals surface area contributed by atoms with Gasteiger partial charge >= 0.3 is 0 Å². The molecular formula is C31H52O3. The van der Waals surface area contributed by atoms with Gasteiger partial charge in [0.1, 0.15) is 0 Å². The lowest BCUT2D eigenvalue weighted by Crippen LogP contribution is -2.68. The van der Waals surface area contributed by atoms with Gasteiger partial charge < -0.3 is 15.3 Å². The van der Waals surface area contributed by atoms with Crippen molar-refractivity contribution in [3.05, 3.63) is 11.6 Å². The fourth-order valence-corrected chi connectivity index (χ4v) is 11.2. The van der Waals surface area contributed by atoms with Crippen LogP contribution in [-0.4, -0.2) is 33.6 Å². The van der Waals surface area contributed by atoms with E-state index in [1.807, 2.05) is 0 Å². The molecule has 5 aliphatic carbocycles. The van der Waals surface area contributed by atoms with Gasteiger partial charge in [-0.15, -0.1) is 0 Å². The third-order valence-electron chi connectivity index (χ3n) is 13.9. The van der Waals surface area contributed by atoms with E-state index in [4.69, 9.17) is 0 Å². The van der Waals surface area contributed by atoms with Crippen LogP contribution in [0.1, 0.15) is 107 Å². The number of hydrogen-bond donors (Lipinski definition) is 3. The van der Waals surface area contributed by atoms with Crippen LogP contribution in [0, 0.1) is 56.2 Å². The maximum Gasteiger partial charge on any atom is 0.0623 e. The largest absolute Gasteiger partial charge is 0.393 e. The van der Waals surface area contributed by atoms with E-state index in [-0.39, 0.29) is 50.6 Å². The zero-order chi connectivity index (χ0) is 25.3. The first-order valence-electron chi connectivity index (χ1n) is 14.2. The highest BCUT2D eigenvalue weighted by Crippen LogP contribution is 2.76. The highest BCUT2D eigenvalue weighted by molar-refractivity contribution is 5.35. The van der Waals surface area contributed by atoms with E-state index in [0.717, 1.165) is 32.1 Å². The molecule has 0 aromatic carbocycles. The van der Waals surface area contributed by atoms with E-state index in [1.54, 1.807) is 5.57 Å². The topological polar surface area (TPSA) is 60.7 Å². The molecule has 4 fully saturated rings. The van der Waals surface area contributed by atoms with Gasteiger partial charge in [-0.3, -0.25) is 0 Å². The SMILES string of the molecule is C[C@H]1[C@H](O)C(C)(C)CC2C3=CCC4[C@@]5(C)CC[C@H](O)C(C)(C)C5CC[C@@]4(C)[C@]3(C)C[C@@H](O)[C@]21C. The number of aliphatic hydroxyl groups is 3. The number of aliphatic hydroxyl groups excluding tert-OH is 3. The molecule has 3 unspecified atom stereocenters. The van der Waals surface area contributed by atoms with Crippen LogP contribution in [0.4, 0.5) is 0 Å². The third-order valence-corrected chi connectivity index (χ3v) is 13.9. The van der Waals surface area contributed by atoms with Crippen molar-refractivity contribution in [1.82, 2.24) is 0 Å². The van der Waals surface area contributed by atoms with E-state index in [0.29, 0.717) is 17.8 Å². The van der Waals surface area contributed by atoms with Gasteiger partial charge in [0, 0.05) is 5.41 Å². The Balaban J connectivity index is 1.62. The zero-order valence-electron chi connectivity index (χ0n) is 23.4. The van der Waals surface area contributed by atoms with E-state index < -0.39 is 6.10 Å². The Morgan fingerprint density at radius 3 is 2.09 bits per heavy atom. The monoisotopic (exact) mass is 472 g/mol. The van der Waals surface area contributed by atoms with Gasteiger partial charge in [0.25, 0.3) is 0 Å². The molecule has 5 rings (SSSR count). The smallest absolute Gasteiger partial charge is 0.0623 e. The number of rotatable bonds is 0. The van der Waals surface area contributed by atoms with E-state index in [1.165, 1.54) is 12.8 Å². The zero-order valence-corrected chi connectivity index (χ0v) is 23.4. The molecule has 0 heterocycles. The van der Waals surface area contributed by atoms with Gasteiger partial charge in [0.05, 0.1) is 18.3 Å². The first-order valence-corrected chi connectivity index (χ1v) is 14.2. The van der Waals surface area contributed by atoms with Crippen LogP contribution in [0.3, 0.4) is 0 Å².